The first-order valence-corrected chi connectivity index (χ1v) is 8.85. The van der Waals surface area contributed by atoms with Crippen LogP contribution in [0, 0.1) is 11.7 Å². The predicted molar refractivity (Wildman–Crippen MR) is 108 cm³/mol. The SMILES string of the molecule is Cc1ccc(/C=N\n2c(Cc3cccc4ccccc34)n[nH]c2=S)cc1. The maximum atomic E-state index is 5.35. The first-order chi connectivity index (χ1) is 12.7. The van der Waals surface area contributed by atoms with Crippen LogP contribution in [0.4, 0.5) is 0 Å². The average molecular weight is 358 g/mol. The van der Waals surface area contributed by atoms with Crippen LogP contribution in [0.3, 0.4) is 0 Å². The lowest BCUT2D eigenvalue weighted by Crippen LogP contribution is -2.01. The van der Waals surface area contributed by atoms with Gasteiger partial charge >= 0.3 is 0 Å². The van der Waals surface area contributed by atoms with Crippen LogP contribution in [0.25, 0.3) is 10.8 Å². The molecule has 0 unspecified atom stereocenters. The highest BCUT2D eigenvalue weighted by Gasteiger charge is 2.08. The van der Waals surface area contributed by atoms with E-state index in [0.717, 1.165) is 11.4 Å². The van der Waals surface area contributed by atoms with E-state index < -0.39 is 0 Å². The van der Waals surface area contributed by atoms with E-state index in [1.54, 1.807) is 10.9 Å². The van der Waals surface area contributed by atoms with Gasteiger partial charge in [-0.25, -0.2) is 0 Å². The number of aromatic amines is 1. The highest BCUT2D eigenvalue weighted by Crippen LogP contribution is 2.20. The van der Waals surface area contributed by atoms with Crippen LogP contribution < -0.4 is 0 Å². The van der Waals surface area contributed by atoms with Gasteiger partial charge in [0.1, 0.15) is 0 Å². The molecular weight excluding hydrogens is 340 g/mol. The van der Waals surface area contributed by atoms with Gasteiger partial charge < -0.3 is 0 Å². The zero-order valence-electron chi connectivity index (χ0n) is 14.4. The van der Waals surface area contributed by atoms with Gasteiger partial charge in [0.15, 0.2) is 5.82 Å². The molecule has 0 saturated carbocycles. The highest BCUT2D eigenvalue weighted by molar-refractivity contribution is 7.71. The fraction of sp³-hybridized carbons (Fsp3) is 0.0952. The summed E-state index contributed by atoms with van der Waals surface area (Å²) in [6.07, 6.45) is 2.46. The molecule has 0 aliphatic rings. The Balaban J connectivity index is 1.68. The summed E-state index contributed by atoms with van der Waals surface area (Å²) in [7, 11) is 0. The normalized spacial score (nSPS) is 11.4. The van der Waals surface area contributed by atoms with E-state index in [1.807, 2.05) is 18.2 Å². The van der Waals surface area contributed by atoms with Crippen molar-refractivity contribution in [2.24, 2.45) is 5.10 Å². The Kier molecular flexibility index (Phi) is 4.46. The van der Waals surface area contributed by atoms with Crippen LogP contribution in [0.5, 0.6) is 0 Å². The van der Waals surface area contributed by atoms with Crippen molar-refractivity contribution >= 4 is 29.2 Å². The van der Waals surface area contributed by atoms with E-state index in [2.05, 4.69) is 70.8 Å². The summed E-state index contributed by atoms with van der Waals surface area (Å²) in [6.45, 7) is 2.06. The minimum Gasteiger partial charge on any atom is -0.250 e. The Morgan fingerprint density at radius 2 is 1.81 bits per heavy atom. The van der Waals surface area contributed by atoms with Crippen LogP contribution in [0.15, 0.2) is 71.8 Å². The maximum Gasteiger partial charge on any atom is 0.216 e. The maximum absolute atomic E-state index is 5.35. The smallest absolute Gasteiger partial charge is 0.216 e. The second-order valence-electron chi connectivity index (χ2n) is 6.23. The minimum atomic E-state index is 0.489. The predicted octanol–water partition coefficient (Wildman–Crippen LogP) is 4.88. The molecule has 0 atom stereocenters. The lowest BCUT2D eigenvalue weighted by Gasteiger charge is -2.06. The number of nitrogens with one attached hydrogen (secondary N) is 1. The van der Waals surface area contributed by atoms with Gasteiger partial charge in [-0.15, -0.1) is 0 Å². The number of rotatable bonds is 4. The van der Waals surface area contributed by atoms with Gasteiger partial charge in [0, 0.05) is 6.42 Å². The third-order valence-electron chi connectivity index (χ3n) is 4.35. The second kappa shape index (κ2) is 7.06. The van der Waals surface area contributed by atoms with Gasteiger partial charge in [0.05, 0.1) is 6.21 Å². The zero-order chi connectivity index (χ0) is 17.9. The number of aryl methyl sites for hydroxylation is 1. The quantitative estimate of drug-likeness (QED) is 0.418. The molecule has 0 aliphatic carbocycles. The largest absolute Gasteiger partial charge is 0.250 e. The molecule has 0 fully saturated rings. The molecule has 0 spiro atoms. The topological polar surface area (TPSA) is 46.0 Å². The summed E-state index contributed by atoms with van der Waals surface area (Å²) in [5, 5.41) is 14.2. The van der Waals surface area contributed by atoms with E-state index >= 15 is 0 Å². The molecule has 0 bridgehead atoms. The van der Waals surface area contributed by atoms with Crippen molar-refractivity contribution in [1.29, 1.82) is 0 Å². The summed E-state index contributed by atoms with van der Waals surface area (Å²) < 4.78 is 2.18. The van der Waals surface area contributed by atoms with Crippen molar-refractivity contribution in [1.82, 2.24) is 14.9 Å². The van der Waals surface area contributed by atoms with Gasteiger partial charge in [0.25, 0.3) is 0 Å². The standard InChI is InChI=1S/C21H18N4S/c1-15-9-11-16(12-10-15)14-22-25-20(23-24-21(25)26)13-18-7-4-6-17-5-2-3-8-19(17)18/h2-12,14H,13H2,1H3,(H,24,26)/b22-14-. The molecule has 4 aromatic rings. The Morgan fingerprint density at radius 3 is 2.65 bits per heavy atom. The van der Waals surface area contributed by atoms with Crippen molar-refractivity contribution in [3.05, 3.63) is 94.0 Å². The van der Waals surface area contributed by atoms with Crippen molar-refractivity contribution in [2.45, 2.75) is 13.3 Å². The van der Waals surface area contributed by atoms with E-state index in [1.165, 1.54) is 21.9 Å². The second-order valence-corrected chi connectivity index (χ2v) is 6.61. The number of hydrogen-bond acceptors (Lipinski definition) is 3. The van der Waals surface area contributed by atoms with Crippen LogP contribution in [0.1, 0.15) is 22.5 Å². The molecule has 4 nitrogen and oxygen atoms in total. The Hall–Kier alpha value is -3.05. The molecule has 0 radical (unpaired) electrons. The molecule has 1 aromatic heterocycles. The zero-order valence-corrected chi connectivity index (χ0v) is 15.2. The molecule has 1 heterocycles. The van der Waals surface area contributed by atoms with Gasteiger partial charge in [0.2, 0.25) is 4.77 Å². The molecule has 128 valence electrons. The number of H-pyrrole nitrogens is 1. The number of aromatic nitrogens is 3. The van der Waals surface area contributed by atoms with E-state index in [0.29, 0.717) is 11.2 Å². The molecular formula is C21H18N4S. The monoisotopic (exact) mass is 358 g/mol. The molecule has 26 heavy (non-hydrogen) atoms. The third kappa shape index (κ3) is 3.34. The lowest BCUT2D eigenvalue weighted by molar-refractivity contribution is 0.793. The molecule has 4 rings (SSSR count). The summed E-state index contributed by atoms with van der Waals surface area (Å²) >= 11 is 5.35. The van der Waals surface area contributed by atoms with Crippen LogP contribution in [0.2, 0.25) is 0 Å². The molecule has 0 amide bonds. The van der Waals surface area contributed by atoms with Crippen molar-refractivity contribution in [3.63, 3.8) is 0 Å². The third-order valence-corrected chi connectivity index (χ3v) is 4.61. The summed E-state index contributed by atoms with van der Waals surface area (Å²) in [6, 6.07) is 22.8. The number of nitrogens with zero attached hydrogens (tertiary/aromatic N) is 3. The molecule has 3 aromatic carbocycles. The number of benzene rings is 3. The average Bonchev–Trinajstić information content (AvgIpc) is 3.01. The molecule has 0 aliphatic heterocycles. The Labute approximate surface area is 156 Å². The van der Waals surface area contributed by atoms with Gasteiger partial charge in [-0.05, 0) is 41.0 Å². The van der Waals surface area contributed by atoms with E-state index in [-0.39, 0.29) is 0 Å². The van der Waals surface area contributed by atoms with Crippen molar-refractivity contribution in [2.75, 3.05) is 0 Å². The van der Waals surface area contributed by atoms with Crippen LogP contribution in [-0.4, -0.2) is 21.1 Å². The Morgan fingerprint density at radius 1 is 1.04 bits per heavy atom. The summed E-state index contributed by atoms with van der Waals surface area (Å²) in [5.74, 6) is 0.787. The molecule has 5 heteroatoms. The minimum absolute atomic E-state index is 0.489. The van der Waals surface area contributed by atoms with Gasteiger partial charge in [-0.3, -0.25) is 5.10 Å². The fourth-order valence-corrected chi connectivity index (χ4v) is 3.15. The van der Waals surface area contributed by atoms with Gasteiger partial charge in [-0.2, -0.15) is 14.9 Å². The first-order valence-electron chi connectivity index (χ1n) is 8.45. The lowest BCUT2D eigenvalue weighted by atomic mass is 10.0. The summed E-state index contributed by atoms with van der Waals surface area (Å²) in [5.41, 5.74) is 3.44. The number of hydrogen-bond donors (Lipinski definition) is 1. The van der Waals surface area contributed by atoms with Gasteiger partial charge in [-0.1, -0.05) is 72.3 Å². The first kappa shape index (κ1) is 16.4. The van der Waals surface area contributed by atoms with E-state index in [4.69, 9.17) is 12.2 Å². The fourth-order valence-electron chi connectivity index (χ4n) is 2.95. The molecule has 0 saturated heterocycles. The molecule has 1 N–H and O–H groups in total. The van der Waals surface area contributed by atoms with Crippen LogP contribution in [-0.2, 0) is 6.42 Å². The van der Waals surface area contributed by atoms with Crippen molar-refractivity contribution < 1.29 is 0 Å². The van der Waals surface area contributed by atoms with Crippen LogP contribution >= 0.6 is 12.2 Å². The summed E-state index contributed by atoms with van der Waals surface area (Å²) in [4.78, 5) is 0. The number of fused-ring (bicyclic) bond motifs is 1. The Bertz CT molecular complexity index is 1130. The highest BCUT2D eigenvalue weighted by atomic mass is 32.1. The van der Waals surface area contributed by atoms with E-state index in [9.17, 15) is 0 Å². The van der Waals surface area contributed by atoms with Crippen molar-refractivity contribution in [3.8, 4) is 0 Å².